The number of carbonyl (C=O) groups excluding carboxylic acids is 2. The van der Waals surface area contributed by atoms with Crippen molar-refractivity contribution in [3.8, 4) is 0 Å². The van der Waals surface area contributed by atoms with Crippen molar-refractivity contribution >= 4 is 17.8 Å². The number of nitrogens with one attached hydrogen (secondary N) is 2. The lowest BCUT2D eigenvalue weighted by molar-refractivity contribution is -0.143. The minimum atomic E-state index is -1.26. The normalized spacial score (nSPS) is 16.2. The third-order valence-corrected chi connectivity index (χ3v) is 2.40. The first-order valence-electron chi connectivity index (χ1n) is 5.53. The van der Waals surface area contributed by atoms with Crippen LogP contribution in [0.15, 0.2) is 0 Å². The molecule has 0 radical (unpaired) electrons. The highest BCUT2D eigenvalue weighted by atomic mass is 16.4. The molecule has 5 N–H and O–H groups in total. The highest BCUT2D eigenvalue weighted by molar-refractivity contribution is 5.88. The minimum Gasteiger partial charge on any atom is -0.480 e. The summed E-state index contributed by atoms with van der Waals surface area (Å²) in [5.41, 5.74) is 4.89. The highest BCUT2D eigenvalue weighted by Crippen LogP contribution is 2.18. The van der Waals surface area contributed by atoms with E-state index in [0.29, 0.717) is 12.6 Å². The van der Waals surface area contributed by atoms with Crippen molar-refractivity contribution in [3.63, 3.8) is 0 Å². The summed E-state index contributed by atoms with van der Waals surface area (Å²) in [6, 6.07) is -0.732. The lowest BCUT2D eigenvalue weighted by Gasteiger charge is -2.12. The minimum absolute atomic E-state index is 0.193. The summed E-state index contributed by atoms with van der Waals surface area (Å²) < 4.78 is 0. The first kappa shape index (κ1) is 13.4. The molecule has 0 aromatic carbocycles. The fourth-order valence-electron chi connectivity index (χ4n) is 1.35. The highest BCUT2D eigenvalue weighted by Gasteiger charge is 2.23. The van der Waals surface area contributed by atoms with Crippen LogP contribution in [0.4, 0.5) is 0 Å². The second-order valence-electron chi connectivity index (χ2n) is 4.11. The van der Waals surface area contributed by atoms with Crippen LogP contribution in [0.5, 0.6) is 0 Å². The van der Waals surface area contributed by atoms with Crippen molar-refractivity contribution in [2.45, 2.75) is 37.8 Å². The van der Waals surface area contributed by atoms with Crippen LogP contribution in [0.3, 0.4) is 0 Å². The molecule has 1 atom stereocenters. The van der Waals surface area contributed by atoms with Crippen molar-refractivity contribution in [2.24, 2.45) is 5.73 Å². The summed E-state index contributed by atoms with van der Waals surface area (Å²) in [5, 5.41) is 14.2. The SMILES string of the molecule is NC(=O)C[C@@H](NC(=O)CCNC1CC1)C(=O)O. The Labute approximate surface area is 98.7 Å². The fourth-order valence-corrected chi connectivity index (χ4v) is 1.35. The average Bonchev–Trinajstić information content (AvgIpc) is 2.99. The van der Waals surface area contributed by atoms with Crippen LogP contribution in [0.2, 0.25) is 0 Å². The van der Waals surface area contributed by atoms with Gasteiger partial charge in [-0.15, -0.1) is 0 Å². The number of amides is 2. The Bertz CT molecular complexity index is 315. The van der Waals surface area contributed by atoms with Crippen molar-refractivity contribution in [1.82, 2.24) is 10.6 Å². The molecular weight excluding hydrogens is 226 g/mol. The zero-order valence-electron chi connectivity index (χ0n) is 9.44. The van der Waals surface area contributed by atoms with Gasteiger partial charge in [-0.25, -0.2) is 4.79 Å². The van der Waals surface area contributed by atoms with E-state index in [4.69, 9.17) is 10.8 Å². The van der Waals surface area contributed by atoms with Crippen LogP contribution in [0, 0.1) is 0 Å². The maximum absolute atomic E-state index is 11.4. The zero-order valence-corrected chi connectivity index (χ0v) is 9.44. The van der Waals surface area contributed by atoms with Crippen LogP contribution >= 0.6 is 0 Å². The van der Waals surface area contributed by atoms with Gasteiger partial charge in [-0.3, -0.25) is 9.59 Å². The predicted molar refractivity (Wildman–Crippen MR) is 59.0 cm³/mol. The molecule has 0 aliphatic heterocycles. The maximum Gasteiger partial charge on any atom is 0.326 e. The molecule has 0 aromatic rings. The Kier molecular flexibility index (Phi) is 4.89. The van der Waals surface area contributed by atoms with Gasteiger partial charge in [-0.2, -0.15) is 0 Å². The number of carboxylic acid groups (broad SMARTS) is 1. The van der Waals surface area contributed by atoms with E-state index in [2.05, 4.69) is 10.6 Å². The van der Waals surface area contributed by atoms with Gasteiger partial charge in [0.15, 0.2) is 0 Å². The van der Waals surface area contributed by atoms with Gasteiger partial charge in [0.1, 0.15) is 6.04 Å². The van der Waals surface area contributed by atoms with Crippen LogP contribution < -0.4 is 16.4 Å². The van der Waals surface area contributed by atoms with Crippen LogP contribution in [0.25, 0.3) is 0 Å². The molecule has 0 saturated heterocycles. The summed E-state index contributed by atoms with van der Waals surface area (Å²) in [7, 11) is 0. The average molecular weight is 243 g/mol. The molecule has 0 heterocycles. The molecule has 0 spiro atoms. The van der Waals surface area contributed by atoms with Crippen molar-refractivity contribution in [1.29, 1.82) is 0 Å². The van der Waals surface area contributed by atoms with Gasteiger partial charge in [0.2, 0.25) is 11.8 Å². The largest absolute Gasteiger partial charge is 0.480 e. The van der Waals surface area contributed by atoms with Crippen LogP contribution in [-0.2, 0) is 14.4 Å². The van der Waals surface area contributed by atoms with E-state index >= 15 is 0 Å². The molecule has 17 heavy (non-hydrogen) atoms. The number of carboxylic acids is 1. The molecule has 1 saturated carbocycles. The predicted octanol–water partition coefficient (Wildman–Crippen LogP) is -1.43. The van der Waals surface area contributed by atoms with Gasteiger partial charge in [0, 0.05) is 19.0 Å². The third-order valence-electron chi connectivity index (χ3n) is 2.40. The lowest BCUT2D eigenvalue weighted by Crippen LogP contribution is -2.44. The molecule has 1 fully saturated rings. The summed E-state index contributed by atoms with van der Waals surface area (Å²) in [5.74, 6) is -2.41. The van der Waals surface area contributed by atoms with Gasteiger partial charge in [0.05, 0.1) is 6.42 Å². The number of carbonyl (C=O) groups is 3. The molecule has 96 valence electrons. The molecule has 0 unspecified atom stereocenters. The van der Waals surface area contributed by atoms with Gasteiger partial charge >= 0.3 is 5.97 Å². The zero-order chi connectivity index (χ0) is 12.8. The van der Waals surface area contributed by atoms with Crippen LogP contribution in [0.1, 0.15) is 25.7 Å². The van der Waals surface area contributed by atoms with Crippen LogP contribution in [-0.4, -0.2) is 41.5 Å². The molecule has 1 aliphatic carbocycles. The Balaban J connectivity index is 2.24. The number of hydrogen-bond donors (Lipinski definition) is 4. The van der Waals surface area contributed by atoms with E-state index in [9.17, 15) is 14.4 Å². The van der Waals surface area contributed by atoms with E-state index in [1.165, 1.54) is 0 Å². The lowest BCUT2D eigenvalue weighted by atomic mass is 10.2. The van der Waals surface area contributed by atoms with E-state index in [0.717, 1.165) is 12.8 Å². The number of aliphatic carboxylic acids is 1. The number of rotatable bonds is 8. The Morgan fingerprint density at radius 2 is 2.00 bits per heavy atom. The summed E-state index contributed by atoms with van der Waals surface area (Å²) in [6.45, 7) is 0.513. The smallest absolute Gasteiger partial charge is 0.326 e. The van der Waals surface area contributed by atoms with Crippen molar-refractivity contribution in [2.75, 3.05) is 6.54 Å². The first-order valence-corrected chi connectivity index (χ1v) is 5.53. The second-order valence-corrected chi connectivity index (χ2v) is 4.11. The Hall–Kier alpha value is -1.63. The standard InChI is InChI=1S/C10H17N3O4/c11-8(14)5-7(10(16)17)13-9(15)3-4-12-6-1-2-6/h6-7,12H,1-5H2,(H2,11,14)(H,13,15)(H,16,17)/t7-/m1/s1. The topological polar surface area (TPSA) is 122 Å². The van der Waals surface area contributed by atoms with E-state index in [1.807, 2.05) is 0 Å². The molecule has 2 amide bonds. The molecule has 7 nitrogen and oxygen atoms in total. The van der Waals surface area contributed by atoms with Gasteiger partial charge in [-0.05, 0) is 12.8 Å². The van der Waals surface area contributed by atoms with E-state index in [-0.39, 0.29) is 6.42 Å². The molecule has 1 rings (SSSR count). The second kappa shape index (κ2) is 6.19. The summed E-state index contributed by atoms with van der Waals surface area (Å²) >= 11 is 0. The molecular formula is C10H17N3O4. The molecule has 1 aliphatic rings. The third kappa shape index (κ3) is 5.86. The van der Waals surface area contributed by atoms with Gasteiger partial charge < -0.3 is 21.5 Å². The molecule has 7 heteroatoms. The first-order chi connectivity index (χ1) is 7.99. The molecule has 0 bridgehead atoms. The monoisotopic (exact) mass is 243 g/mol. The summed E-state index contributed by atoms with van der Waals surface area (Å²) in [4.78, 5) is 32.7. The van der Waals surface area contributed by atoms with Gasteiger partial charge in [-0.1, -0.05) is 0 Å². The Morgan fingerprint density at radius 1 is 1.35 bits per heavy atom. The molecule has 0 aromatic heterocycles. The fraction of sp³-hybridized carbons (Fsp3) is 0.700. The number of nitrogens with two attached hydrogens (primary N) is 1. The van der Waals surface area contributed by atoms with Crippen molar-refractivity contribution < 1.29 is 19.5 Å². The summed E-state index contributed by atoms with van der Waals surface area (Å²) in [6.07, 6.45) is 2.05. The number of hydrogen-bond acceptors (Lipinski definition) is 4. The van der Waals surface area contributed by atoms with E-state index in [1.54, 1.807) is 0 Å². The maximum atomic E-state index is 11.4. The quantitative estimate of drug-likeness (QED) is 0.416. The number of primary amides is 1. The van der Waals surface area contributed by atoms with E-state index < -0.39 is 30.2 Å². The van der Waals surface area contributed by atoms with Crippen molar-refractivity contribution in [3.05, 3.63) is 0 Å². The Morgan fingerprint density at radius 3 is 2.47 bits per heavy atom. The van der Waals surface area contributed by atoms with Gasteiger partial charge in [0.25, 0.3) is 0 Å².